The van der Waals surface area contributed by atoms with E-state index in [0.29, 0.717) is 43.6 Å². The highest BCUT2D eigenvalue weighted by molar-refractivity contribution is 7.98. The molecule has 42 heavy (non-hydrogen) atoms. The first-order valence-electron chi connectivity index (χ1n) is 13.4. The molecule has 2 aromatic heterocycles. The summed E-state index contributed by atoms with van der Waals surface area (Å²) >= 11 is 2.47. The van der Waals surface area contributed by atoms with Crippen LogP contribution < -0.4 is 10.5 Å². The lowest BCUT2D eigenvalue weighted by molar-refractivity contribution is -0.190. The highest BCUT2D eigenvalue weighted by atomic mass is 32.2. The van der Waals surface area contributed by atoms with Gasteiger partial charge >= 0.3 is 12.2 Å². The summed E-state index contributed by atoms with van der Waals surface area (Å²) in [4.78, 5) is 33.4. The summed E-state index contributed by atoms with van der Waals surface area (Å²) in [5.74, 6) is -3.06. The van der Waals surface area contributed by atoms with E-state index in [1.54, 1.807) is 5.38 Å². The number of amides is 2. The lowest BCUT2D eigenvalue weighted by atomic mass is 9.82. The Hall–Kier alpha value is -3.14. The van der Waals surface area contributed by atoms with Crippen LogP contribution in [0.1, 0.15) is 39.6 Å². The van der Waals surface area contributed by atoms with Crippen molar-refractivity contribution in [2.75, 3.05) is 46.5 Å². The second-order valence-corrected chi connectivity index (χ2v) is 11.7. The maximum atomic E-state index is 14.6. The van der Waals surface area contributed by atoms with Crippen LogP contribution in [0.2, 0.25) is 0 Å². The molecule has 226 valence electrons. The van der Waals surface area contributed by atoms with E-state index >= 15 is 0 Å². The number of hydrogen-bond donors (Lipinski definition) is 1. The first-order valence-corrected chi connectivity index (χ1v) is 15.3. The van der Waals surface area contributed by atoms with E-state index in [2.05, 4.69) is 10.1 Å². The van der Waals surface area contributed by atoms with Crippen LogP contribution in [-0.2, 0) is 17.0 Å². The number of nitrogens with two attached hydrogens (primary N) is 1. The van der Waals surface area contributed by atoms with Gasteiger partial charge in [-0.1, -0.05) is 36.0 Å². The zero-order chi connectivity index (χ0) is 29.9. The van der Waals surface area contributed by atoms with Crippen molar-refractivity contribution in [3.63, 3.8) is 0 Å². The normalized spacial score (nSPS) is 19.6. The van der Waals surface area contributed by atoms with Crippen molar-refractivity contribution in [1.82, 2.24) is 24.6 Å². The van der Waals surface area contributed by atoms with Crippen molar-refractivity contribution < 1.29 is 32.2 Å². The fourth-order valence-electron chi connectivity index (χ4n) is 5.19. The van der Waals surface area contributed by atoms with E-state index < -0.39 is 36.5 Å². The van der Waals surface area contributed by atoms with Crippen LogP contribution in [0.4, 0.5) is 18.0 Å². The predicted octanol–water partition coefficient (Wildman–Crippen LogP) is 4.21. The summed E-state index contributed by atoms with van der Waals surface area (Å²) in [6, 6.07) is 7.18. The molecular weight excluding hydrogens is 593 g/mol. The van der Waals surface area contributed by atoms with Gasteiger partial charge in [0.2, 0.25) is 0 Å². The van der Waals surface area contributed by atoms with Gasteiger partial charge in [0.25, 0.3) is 5.91 Å². The Bertz CT molecular complexity index is 1380. The van der Waals surface area contributed by atoms with Crippen molar-refractivity contribution in [3.8, 4) is 5.75 Å². The molecule has 0 spiro atoms. The number of piperidine rings is 1. The van der Waals surface area contributed by atoms with Crippen molar-refractivity contribution in [2.24, 2.45) is 11.7 Å². The minimum absolute atomic E-state index is 0.00315. The molecule has 15 heteroatoms. The maximum absolute atomic E-state index is 14.6. The molecule has 2 atom stereocenters. The molecule has 5 rings (SSSR count). The van der Waals surface area contributed by atoms with E-state index in [1.165, 1.54) is 45.5 Å². The molecule has 2 amide bonds. The SMILES string of the molecule is COc1c(C2CCN(C(=O)N3CCOCC3)CC2C(F)(F)F)nn(C(=O)c2cscn2)c1SCc1ccc(CN)cc1. The molecule has 0 saturated carbocycles. The van der Waals surface area contributed by atoms with Crippen LogP contribution in [0.25, 0.3) is 0 Å². The molecule has 4 heterocycles. The highest BCUT2D eigenvalue weighted by Crippen LogP contribution is 2.47. The molecule has 0 bridgehead atoms. The molecule has 2 aliphatic rings. The zero-order valence-electron chi connectivity index (χ0n) is 22.9. The Morgan fingerprint density at radius 2 is 1.86 bits per heavy atom. The lowest BCUT2D eigenvalue weighted by Crippen LogP contribution is -2.54. The summed E-state index contributed by atoms with van der Waals surface area (Å²) < 4.78 is 55.8. The Kier molecular flexibility index (Phi) is 9.40. The molecule has 2 fully saturated rings. The first kappa shape index (κ1) is 30.3. The molecule has 2 unspecified atom stereocenters. The number of thiazole rings is 1. The Morgan fingerprint density at radius 3 is 2.48 bits per heavy atom. The highest BCUT2D eigenvalue weighted by Gasteiger charge is 2.51. The van der Waals surface area contributed by atoms with Gasteiger partial charge in [-0.2, -0.15) is 23.0 Å². The molecule has 2 aliphatic heterocycles. The standard InChI is InChI=1S/C27H31F3N6O4S2/c1-39-23-22(19-6-7-35(13-20(19)27(28,29)30)26(38)34-8-10-40-11-9-34)33-36(24(37)21-15-41-16-32-21)25(23)42-14-18-4-2-17(12-31)3-5-18/h2-5,15-16,19-20H,6-14,31H2,1H3. The number of carbonyl (C=O) groups is 2. The lowest BCUT2D eigenvalue weighted by Gasteiger charge is -2.41. The van der Waals surface area contributed by atoms with Gasteiger partial charge in [-0.15, -0.1) is 11.3 Å². The van der Waals surface area contributed by atoms with E-state index in [0.717, 1.165) is 15.8 Å². The average molecular weight is 625 g/mol. The Labute approximate surface area is 249 Å². The minimum Gasteiger partial charge on any atom is -0.492 e. The van der Waals surface area contributed by atoms with Gasteiger partial charge in [0.15, 0.2) is 5.75 Å². The Morgan fingerprint density at radius 1 is 1.14 bits per heavy atom. The van der Waals surface area contributed by atoms with Crippen LogP contribution >= 0.6 is 23.1 Å². The number of rotatable bonds is 7. The molecule has 10 nitrogen and oxygen atoms in total. The smallest absolute Gasteiger partial charge is 0.394 e. The number of alkyl halides is 3. The third-order valence-corrected chi connectivity index (χ3v) is 9.14. The largest absolute Gasteiger partial charge is 0.492 e. The summed E-state index contributed by atoms with van der Waals surface area (Å²) in [5, 5.41) is 6.32. The number of ether oxygens (including phenoxy) is 2. The number of hydrogen-bond acceptors (Lipinski definition) is 9. The van der Waals surface area contributed by atoms with Crippen LogP contribution in [0, 0.1) is 5.92 Å². The number of benzene rings is 1. The van der Waals surface area contributed by atoms with Crippen molar-refractivity contribution >= 4 is 35.0 Å². The number of likely N-dealkylation sites (tertiary alicyclic amines) is 1. The summed E-state index contributed by atoms with van der Waals surface area (Å²) in [5.41, 5.74) is 9.26. The van der Waals surface area contributed by atoms with Gasteiger partial charge < -0.3 is 25.0 Å². The number of urea groups is 1. The van der Waals surface area contributed by atoms with Gasteiger partial charge in [-0.3, -0.25) is 4.79 Å². The van der Waals surface area contributed by atoms with E-state index in [1.807, 2.05) is 24.3 Å². The number of nitrogens with zero attached hydrogens (tertiary/aromatic N) is 5. The van der Waals surface area contributed by atoms with Crippen LogP contribution in [0.3, 0.4) is 0 Å². The fraction of sp³-hybridized carbons (Fsp3) is 0.481. The number of thioether (sulfide) groups is 1. The molecule has 0 radical (unpaired) electrons. The topological polar surface area (TPSA) is 116 Å². The Balaban J connectivity index is 1.48. The predicted molar refractivity (Wildman–Crippen MR) is 151 cm³/mol. The maximum Gasteiger partial charge on any atom is 0.394 e. The van der Waals surface area contributed by atoms with Crippen LogP contribution in [-0.4, -0.2) is 89.2 Å². The van der Waals surface area contributed by atoms with Crippen LogP contribution in [0.5, 0.6) is 5.75 Å². The zero-order valence-corrected chi connectivity index (χ0v) is 24.5. The second-order valence-electron chi connectivity index (χ2n) is 9.99. The van der Waals surface area contributed by atoms with Crippen LogP contribution in [0.15, 0.2) is 40.2 Å². The second kappa shape index (κ2) is 13.0. The number of halogens is 3. The molecule has 1 aromatic carbocycles. The molecule has 2 saturated heterocycles. The molecule has 0 aliphatic carbocycles. The van der Waals surface area contributed by atoms with Gasteiger partial charge in [0, 0.05) is 49.8 Å². The minimum atomic E-state index is -4.62. The van der Waals surface area contributed by atoms with Crippen molar-refractivity contribution in [1.29, 1.82) is 0 Å². The third-order valence-electron chi connectivity index (χ3n) is 7.45. The summed E-state index contributed by atoms with van der Waals surface area (Å²) in [6.07, 6.45) is -4.62. The van der Waals surface area contributed by atoms with E-state index in [9.17, 15) is 22.8 Å². The summed E-state index contributed by atoms with van der Waals surface area (Å²) in [6.45, 7) is 1.37. The van der Waals surface area contributed by atoms with Crippen molar-refractivity contribution in [3.05, 3.63) is 57.7 Å². The third kappa shape index (κ3) is 6.43. The van der Waals surface area contributed by atoms with Gasteiger partial charge in [0.1, 0.15) is 16.4 Å². The first-order chi connectivity index (χ1) is 20.2. The van der Waals surface area contributed by atoms with Gasteiger partial charge in [0.05, 0.1) is 31.8 Å². The number of methoxy groups -OCH3 is 1. The number of morpholine rings is 1. The van der Waals surface area contributed by atoms with Gasteiger partial charge in [-0.25, -0.2) is 9.78 Å². The fourth-order valence-corrected chi connectivity index (χ4v) is 6.78. The van der Waals surface area contributed by atoms with Crippen molar-refractivity contribution in [2.45, 2.75) is 35.8 Å². The monoisotopic (exact) mass is 624 g/mol. The average Bonchev–Trinajstić information content (AvgIpc) is 3.68. The van der Waals surface area contributed by atoms with Gasteiger partial charge in [-0.05, 0) is 17.5 Å². The number of aromatic nitrogens is 3. The number of carbonyl (C=O) groups excluding carboxylic acids is 2. The molecule has 3 aromatic rings. The quantitative estimate of drug-likeness (QED) is 0.389. The molecule has 2 N–H and O–H groups in total. The summed E-state index contributed by atoms with van der Waals surface area (Å²) in [7, 11) is 1.36. The van der Waals surface area contributed by atoms with E-state index in [-0.39, 0.29) is 30.1 Å². The van der Waals surface area contributed by atoms with E-state index in [4.69, 9.17) is 15.2 Å². The molecular formula is C27H31F3N6O4S2.